The quantitative estimate of drug-likeness (QED) is 0.658. The summed E-state index contributed by atoms with van der Waals surface area (Å²) in [4.78, 5) is 0. The molecule has 0 heterocycles. The molecular formula is C21H27NO3. The zero-order valence-electron chi connectivity index (χ0n) is 15.5. The topological polar surface area (TPSA) is 39.7 Å². The molecule has 0 amide bonds. The number of hydrogen-bond acceptors (Lipinski definition) is 4. The second-order valence-electron chi connectivity index (χ2n) is 5.72. The highest BCUT2D eigenvalue weighted by molar-refractivity contribution is 5.78. The van der Waals surface area contributed by atoms with Gasteiger partial charge < -0.3 is 19.5 Å². The maximum absolute atomic E-state index is 5.68. The SMILES string of the molecule is C=C(c1ccc(NC(C)(OCC)OCC)cc1)c1ccc(OC)cc1. The molecule has 0 aliphatic rings. The predicted molar refractivity (Wildman–Crippen MR) is 103 cm³/mol. The lowest BCUT2D eigenvalue weighted by Gasteiger charge is -2.31. The van der Waals surface area contributed by atoms with Crippen LogP contribution < -0.4 is 10.1 Å². The molecule has 1 N–H and O–H groups in total. The van der Waals surface area contributed by atoms with Gasteiger partial charge >= 0.3 is 0 Å². The fraction of sp³-hybridized carbons (Fsp3) is 0.333. The summed E-state index contributed by atoms with van der Waals surface area (Å²) in [6.45, 7) is 11.1. The van der Waals surface area contributed by atoms with Crippen LogP contribution in [0.4, 0.5) is 5.69 Å². The molecule has 134 valence electrons. The summed E-state index contributed by atoms with van der Waals surface area (Å²) in [6.07, 6.45) is 0. The van der Waals surface area contributed by atoms with E-state index in [9.17, 15) is 0 Å². The number of rotatable bonds is 9. The summed E-state index contributed by atoms with van der Waals surface area (Å²) in [5.74, 6) is 0.0000914. The number of benzene rings is 2. The highest BCUT2D eigenvalue weighted by Gasteiger charge is 2.24. The molecule has 0 atom stereocenters. The lowest BCUT2D eigenvalue weighted by molar-refractivity contribution is -0.200. The first kappa shape index (κ1) is 19.0. The molecule has 0 spiro atoms. The van der Waals surface area contributed by atoms with Crippen molar-refractivity contribution in [2.24, 2.45) is 0 Å². The van der Waals surface area contributed by atoms with Crippen molar-refractivity contribution in [1.82, 2.24) is 0 Å². The summed E-state index contributed by atoms with van der Waals surface area (Å²) in [5.41, 5.74) is 4.02. The van der Waals surface area contributed by atoms with E-state index >= 15 is 0 Å². The maximum Gasteiger partial charge on any atom is 0.246 e. The van der Waals surface area contributed by atoms with Gasteiger partial charge in [0.05, 0.1) is 7.11 Å². The first-order valence-corrected chi connectivity index (χ1v) is 8.51. The number of nitrogens with one attached hydrogen (secondary N) is 1. The average molecular weight is 341 g/mol. The molecule has 0 saturated carbocycles. The third-order valence-corrected chi connectivity index (χ3v) is 3.88. The Bertz CT molecular complexity index is 671. The van der Waals surface area contributed by atoms with E-state index in [0.29, 0.717) is 13.2 Å². The van der Waals surface area contributed by atoms with Crippen LogP contribution in [0.15, 0.2) is 55.1 Å². The smallest absolute Gasteiger partial charge is 0.246 e. The molecule has 4 nitrogen and oxygen atoms in total. The molecule has 0 unspecified atom stereocenters. The highest BCUT2D eigenvalue weighted by atomic mass is 16.7. The van der Waals surface area contributed by atoms with Crippen molar-refractivity contribution < 1.29 is 14.2 Å². The Morgan fingerprint density at radius 1 is 0.920 bits per heavy atom. The first-order chi connectivity index (χ1) is 12.0. The molecule has 2 rings (SSSR count). The monoisotopic (exact) mass is 341 g/mol. The number of hydrogen-bond donors (Lipinski definition) is 1. The van der Waals surface area contributed by atoms with Crippen molar-refractivity contribution in [3.8, 4) is 5.75 Å². The standard InChI is InChI=1S/C21H27NO3/c1-6-24-21(4,25-7-2)22-19-12-8-17(9-13-19)16(3)18-10-14-20(23-5)15-11-18/h8-15,22H,3,6-7H2,1-2,4-5H3. The van der Waals surface area contributed by atoms with Crippen LogP contribution in [-0.2, 0) is 9.47 Å². The second kappa shape index (κ2) is 8.70. The molecule has 0 aliphatic carbocycles. The van der Waals surface area contributed by atoms with Gasteiger partial charge in [-0.3, -0.25) is 0 Å². The summed E-state index contributed by atoms with van der Waals surface area (Å²) < 4.78 is 16.6. The van der Waals surface area contributed by atoms with Gasteiger partial charge in [-0.25, -0.2) is 0 Å². The van der Waals surface area contributed by atoms with E-state index in [0.717, 1.165) is 28.1 Å². The predicted octanol–water partition coefficient (Wildman–Crippen LogP) is 4.92. The molecule has 0 aliphatic heterocycles. The van der Waals surface area contributed by atoms with Crippen molar-refractivity contribution in [1.29, 1.82) is 0 Å². The minimum atomic E-state index is -0.835. The van der Waals surface area contributed by atoms with Crippen LogP contribution in [0.1, 0.15) is 31.9 Å². The molecule has 0 fully saturated rings. The van der Waals surface area contributed by atoms with Crippen molar-refractivity contribution >= 4 is 11.3 Å². The Labute approximate surface area is 150 Å². The number of methoxy groups -OCH3 is 1. The third-order valence-electron chi connectivity index (χ3n) is 3.88. The van der Waals surface area contributed by atoms with Crippen LogP contribution >= 0.6 is 0 Å². The van der Waals surface area contributed by atoms with E-state index in [1.807, 2.05) is 69.3 Å². The molecule has 25 heavy (non-hydrogen) atoms. The molecule has 4 heteroatoms. The van der Waals surface area contributed by atoms with Crippen molar-refractivity contribution in [2.45, 2.75) is 26.7 Å². The van der Waals surface area contributed by atoms with Gasteiger partial charge in [0.25, 0.3) is 0 Å². The summed E-state index contributed by atoms with van der Waals surface area (Å²) >= 11 is 0. The van der Waals surface area contributed by atoms with E-state index in [-0.39, 0.29) is 0 Å². The largest absolute Gasteiger partial charge is 0.497 e. The molecule has 2 aromatic rings. The number of anilines is 1. The first-order valence-electron chi connectivity index (χ1n) is 8.51. The fourth-order valence-electron chi connectivity index (χ4n) is 2.64. The molecule has 0 radical (unpaired) electrons. The van der Waals surface area contributed by atoms with E-state index in [2.05, 4.69) is 11.9 Å². The van der Waals surface area contributed by atoms with Crippen LogP contribution in [-0.4, -0.2) is 26.2 Å². The van der Waals surface area contributed by atoms with Gasteiger partial charge in [0.1, 0.15) is 5.75 Å². The molecule has 0 bridgehead atoms. The van der Waals surface area contributed by atoms with Crippen LogP contribution in [0.25, 0.3) is 5.57 Å². The Balaban J connectivity index is 2.11. The zero-order valence-corrected chi connectivity index (χ0v) is 15.5. The lowest BCUT2D eigenvalue weighted by Crippen LogP contribution is -2.41. The Morgan fingerprint density at radius 3 is 1.84 bits per heavy atom. The average Bonchev–Trinajstić information content (AvgIpc) is 2.62. The van der Waals surface area contributed by atoms with Gasteiger partial charge in [-0.1, -0.05) is 30.8 Å². The minimum Gasteiger partial charge on any atom is -0.497 e. The van der Waals surface area contributed by atoms with Crippen LogP contribution in [0.3, 0.4) is 0 Å². The van der Waals surface area contributed by atoms with Crippen LogP contribution in [0.2, 0.25) is 0 Å². The Morgan fingerprint density at radius 2 is 1.40 bits per heavy atom. The van der Waals surface area contributed by atoms with Gasteiger partial charge in [0.15, 0.2) is 0 Å². The minimum absolute atomic E-state index is 0.565. The Kier molecular flexibility index (Phi) is 6.62. The normalized spacial score (nSPS) is 11.2. The van der Waals surface area contributed by atoms with E-state index in [4.69, 9.17) is 14.2 Å². The van der Waals surface area contributed by atoms with Gasteiger partial charge in [-0.05, 0) is 54.8 Å². The summed E-state index contributed by atoms with van der Waals surface area (Å²) in [7, 11) is 1.66. The Hall–Kier alpha value is -2.30. The van der Waals surface area contributed by atoms with Gasteiger partial charge in [0.2, 0.25) is 5.91 Å². The maximum atomic E-state index is 5.68. The van der Waals surface area contributed by atoms with E-state index < -0.39 is 5.91 Å². The summed E-state index contributed by atoms with van der Waals surface area (Å²) in [6, 6.07) is 16.0. The van der Waals surface area contributed by atoms with E-state index in [1.165, 1.54) is 0 Å². The molecule has 0 saturated heterocycles. The van der Waals surface area contributed by atoms with Crippen LogP contribution in [0.5, 0.6) is 5.75 Å². The zero-order chi connectivity index (χ0) is 18.3. The lowest BCUT2D eigenvalue weighted by atomic mass is 9.99. The van der Waals surface area contributed by atoms with Crippen molar-refractivity contribution in [2.75, 3.05) is 25.6 Å². The molecule has 2 aromatic carbocycles. The van der Waals surface area contributed by atoms with Crippen molar-refractivity contribution in [3.05, 3.63) is 66.2 Å². The third kappa shape index (κ3) is 5.08. The van der Waals surface area contributed by atoms with Crippen molar-refractivity contribution in [3.63, 3.8) is 0 Å². The molecule has 0 aromatic heterocycles. The van der Waals surface area contributed by atoms with Gasteiger partial charge in [-0.15, -0.1) is 0 Å². The number of ether oxygens (including phenoxy) is 3. The highest BCUT2D eigenvalue weighted by Crippen LogP contribution is 2.26. The van der Waals surface area contributed by atoms with E-state index in [1.54, 1.807) is 7.11 Å². The van der Waals surface area contributed by atoms with Gasteiger partial charge in [-0.2, -0.15) is 0 Å². The fourth-order valence-corrected chi connectivity index (χ4v) is 2.64. The van der Waals surface area contributed by atoms with Crippen LogP contribution in [0, 0.1) is 0 Å². The van der Waals surface area contributed by atoms with Gasteiger partial charge in [0, 0.05) is 25.8 Å². The second-order valence-corrected chi connectivity index (χ2v) is 5.72. The summed E-state index contributed by atoms with van der Waals surface area (Å²) in [5, 5.41) is 3.29. The molecular weight excluding hydrogens is 314 g/mol.